The quantitative estimate of drug-likeness (QED) is 0.555. The number of ether oxygens (including phenoxy) is 3. The molecule has 2 aromatic carbocycles. The van der Waals surface area contributed by atoms with Gasteiger partial charge in [-0.25, -0.2) is 4.79 Å². The van der Waals surface area contributed by atoms with Gasteiger partial charge in [-0.3, -0.25) is 14.5 Å². The number of nitrogens with zero attached hydrogens (tertiary/aromatic N) is 1. The molecule has 7 nitrogen and oxygen atoms in total. The van der Waals surface area contributed by atoms with E-state index in [9.17, 15) is 14.4 Å². The summed E-state index contributed by atoms with van der Waals surface area (Å²) in [6.07, 6.45) is 0. The molecule has 2 rings (SSSR count). The van der Waals surface area contributed by atoms with Crippen molar-refractivity contribution in [2.45, 2.75) is 6.92 Å². The summed E-state index contributed by atoms with van der Waals surface area (Å²) in [5, 5.41) is 0.671. The molecule has 0 bridgehead atoms. The Morgan fingerprint density at radius 2 is 1.66 bits per heavy atom. The van der Waals surface area contributed by atoms with Crippen LogP contribution in [-0.4, -0.2) is 44.2 Å². The monoisotopic (exact) mass is 439 g/mol. The topological polar surface area (TPSA) is 82.1 Å². The first-order valence-corrected chi connectivity index (χ1v) is 9.40. The normalized spacial score (nSPS) is 10.2. The fraction of sp³-hybridized carbons (Fsp3) is 0.250. The molecule has 9 heteroatoms. The van der Waals surface area contributed by atoms with Crippen molar-refractivity contribution < 1.29 is 28.6 Å². The molecule has 0 aliphatic rings. The molecule has 154 valence electrons. The maximum absolute atomic E-state index is 12.5. The second-order valence-electron chi connectivity index (χ2n) is 5.64. The smallest absolute Gasteiger partial charge is 0.344 e. The van der Waals surface area contributed by atoms with Gasteiger partial charge in [0, 0.05) is 10.7 Å². The first kappa shape index (κ1) is 22.5. The lowest BCUT2D eigenvalue weighted by molar-refractivity contribution is -0.150. The zero-order valence-electron chi connectivity index (χ0n) is 15.6. The average molecular weight is 440 g/mol. The van der Waals surface area contributed by atoms with E-state index in [1.165, 1.54) is 17.0 Å². The van der Waals surface area contributed by atoms with E-state index in [-0.39, 0.29) is 23.9 Å². The number of hydrogen-bond acceptors (Lipinski definition) is 6. The van der Waals surface area contributed by atoms with E-state index >= 15 is 0 Å². The van der Waals surface area contributed by atoms with E-state index < -0.39 is 31.1 Å². The summed E-state index contributed by atoms with van der Waals surface area (Å²) in [5.41, 5.74) is 0.478. The van der Waals surface area contributed by atoms with Gasteiger partial charge < -0.3 is 14.2 Å². The van der Waals surface area contributed by atoms with Crippen LogP contribution in [0, 0.1) is 0 Å². The molecular formula is C20H19Cl2NO6. The number of hydrogen-bond donors (Lipinski definition) is 0. The fourth-order valence-electron chi connectivity index (χ4n) is 2.26. The van der Waals surface area contributed by atoms with Crippen LogP contribution >= 0.6 is 23.2 Å². The maximum atomic E-state index is 12.5. The molecular weight excluding hydrogens is 421 g/mol. The first-order valence-electron chi connectivity index (χ1n) is 8.65. The summed E-state index contributed by atoms with van der Waals surface area (Å²) >= 11 is 11.8. The average Bonchev–Trinajstić information content (AvgIpc) is 2.70. The Hall–Kier alpha value is -2.77. The van der Waals surface area contributed by atoms with E-state index in [2.05, 4.69) is 0 Å². The van der Waals surface area contributed by atoms with Crippen molar-refractivity contribution in [3.8, 4) is 5.75 Å². The van der Waals surface area contributed by atoms with Gasteiger partial charge in [-0.1, -0.05) is 41.4 Å². The molecule has 0 heterocycles. The van der Waals surface area contributed by atoms with Crippen molar-refractivity contribution >= 4 is 46.7 Å². The van der Waals surface area contributed by atoms with Crippen molar-refractivity contribution in [1.82, 2.24) is 0 Å². The fourth-order valence-corrected chi connectivity index (χ4v) is 2.72. The number of benzene rings is 2. The summed E-state index contributed by atoms with van der Waals surface area (Å²) in [6, 6.07) is 13.1. The lowest BCUT2D eigenvalue weighted by Crippen LogP contribution is -2.39. The summed E-state index contributed by atoms with van der Waals surface area (Å²) < 4.78 is 15.1. The van der Waals surface area contributed by atoms with Crippen LogP contribution in [0.1, 0.15) is 6.92 Å². The number of carbonyl (C=O) groups is 3. The van der Waals surface area contributed by atoms with E-state index in [1.54, 1.807) is 43.3 Å². The number of esters is 2. The van der Waals surface area contributed by atoms with Crippen LogP contribution in [0.4, 0.5) is 5.69 Å². The number of anilines is 1. The number of amides is 1. The zero-order chi connectivity index (χ0) is 21.2. The van der Waals surface area contributed by atoms with Crippen molar-refractivity contribution in [3.63, 3.8) is 0 Å². The van der Waals surface area contributed by atoms with Crippen LogP contribution < -0.4 is 9.64 Å². The van der Waals surface area contributed by atoms with Crippen LogP contribution in [0.3, 0.4) is 0 Å². The van der Waals surface area contributed by atoms with Gasteiger partial charge in [-0.2, -0.15) is 0 Å². The molecule has 0 aromatic heterocycles. The molecule has 0 N–H and O–H groups in total. The summed E-state index contributed by atoms with van der Waals surface area (Å²) in [6.45, 7) is 0.546. The molecule has 1 amide bonds. The van der Waals surface area contributed by atoms with Gasteiger partial charge in [-0.15, -0.1) is 0 Å². The predicted molar refractivity (Wildman–Crippen MR) is 108 cm³/mol. The number of para-hydroxylation sites is 1. The Kier molecular flexibility index (Phi) is 8.76. The van der Waals surface area contributed by atoms with E-state index in [0.717, 1.165) is 0 Å². The van der Waals surface area contributed by atoms with Crippen LogP contribution in [0.25, 0.3) is 0 Å². The molecule has 0 aliphatic carbocycles. The Balaban J connectivity index is 1.92. The third-order valence-electron chi connectivity index (χ3n) is 3.56. The van der Waals surface area contributed by atoms with Crippen LogP contribution in [0.15, 0.2) is 48.5 Å². The summed E-state index contributed by atoms with van der Waals surface area (Å²) in [7, 11) is 0. The number of rotatable bonds is 9. The standard InChI is InChI=1S/C20H19Cl2NO6/c1-2-27-19(25)11-23(15-6-4-3-5-7-15)18(24)12-29-20(26)13-28-17-9-8-14(21)10-16(17)22/h3-10H,2,11-13H2,1H3. The van der Waals surface area contributed by atoms with E-state index in [0.29, 0.717) is 10.7 Å². The van der Waals surface area contributed by atoms with E-state index in [4.69, 9.17) is 37.4 Å². The van der Waals surface area contributed by atoms with Crippen LogP contribution in [0.2, 0.25) is 10.0 Å². The lowest BCUT2D eigenvalue weighted by Gasteiger charge is -2.21. The molecule has 0 spiro atoms. The second kappa shape index (κ2) is 11.3. The van der Waals surface area contributed by atoms with Gasteiger partial charge in [-0.05, 0) is 37.3 Å². The highest BCUT2D eigenvalue weighted by atomic mass is 35.5. The van der Waals surface area contributed by atoms with Crippen LogP contribution in [-0.2, 0) is 23.9 Å². The SMILES string of the molecule is CCOC(=O)CN(C(=O)COC(=O)COc1ccc(Cl)cc1Cl)c1ccccc1. The maximum Gasteiger partial charge on any atom is 0.344 e. The minimum atomic E-state index is -0.770. The molecule has 0 fully saturated rings. The summed E-state index contributed by atoms with van der Waals surface area (Å²) in [5.74, 6) is -1.67. The Labute approximate surface area is 178 Å². The zero-order valence-corrected chi connectivity index (χ0v) is 17.1. The molecule has 29 heavy (non-hydrogen) atoms. The Morgan fingerprint density at radius 3 is 2.31 bits per heavy atom. The highest BCUT2D eigenvalue weighted by molar-refractivity contribution is 6.35. The predicted octanol–water partition coefficient (Wildman–Crippen LogP) is 3.51. The largest absolute Gasteiger partial charge is 0.480 e. The van der Waals surface area contributed by atoms with E-state index in [1.807, 2.05) is 0 Å². The van der Waals surface area contributed by atoms with Crippen molar-refractivity contribution in [2.75, 3.05) is 31.3 Å². The minimum absolute atomic E-state index is 0.190. The Bertz CT molecular complexity index is 859. The van der Waals surface area contributed by atoms with Gasteiger partial charge in [0.15, 0.2) is 13.2 Å². The molecule has 0 atom stereocenters. The van der Waals surface area contributed by atoms with Crippen molar-refractivity contribution in [1.29, 1.82) is 0 Å². The van der Waals surface area contributed by atoms with Gasteiger partial charge in [0.1, 0.15) is 12.3 Å². The third-order valence-corrected chi connectivity index (χ3v) is 4.09. The van der Waals surface area contributed by atoms with Crippen molar-refractivity contribution in [2.24, 2.45) is 0 Å². The summed E-state index contributed by atoms with van der Waals surface area (Å²) in [4.78, 5) is 37.4. The molecule has 0 radical (unpaired) electrons. The van der Waals surface area contributed by atoms with Gasteiger partial charge in [0.25, 0.3) is 5.91 Å². The lowest BCUT2D eigenvalue weighted by atomic mass is 10.3. The van der Waals surface area contributed by atoms with Gasteiger partial charge >= 0.3 is 11.9 Å². The number of halogens is 2. The molecule has 0 saturated carbocycles. The molecule has 0 saturated heterocycles. The highest BCUT2D eigenvalue weighted by Crippen LogP contribution is 2.27. The van der Waals surface area contributed by atoms with Crippen molar-refractivity contribution in [3.05, 3.63) is 58.6 Å². The van der Waals surface area contributed by atoms with Gasteiger partial charge in [0.2, 0.25) is 0 Å². The second-order valence-corrected chi connectivity index (χ2v) is 6.49. The number of carbonyl (C=O) groups excluding carboxylic acids is 3. The minimum Gasteiger partial charge on any atom is -0.480 e. The highest BCUT2D eigenvalue weighted by Gasteiger charge is 2.21. The third kappa shape index (κ3) is 7.29. The Morgan fingerprint density at radius 1 is 0.931 bits per heavy atom. The van der Waals surface area contributed by atoms with Crippen LogP contribution in [0.5, 0.6) is 5.75 Å². The van der Waals surface area contributed by atoms with Gasteiger partial charge in [0.05, 0.1) is 11.6 Å². The molecule has 0 aliphatic heterocycles. The first-order chi connectivity index (χ1) is 13.9. The molecule has 2 aromatic rings. The molecule has 0 unspecified atom stereocenters.